The highest BCUT2D eigenvalue weighted by Crippen LogP contribution is 2.31. The predicted molar refractivity (Wildman–Crippen MR) is 133 cm³/mol. The summed E-state index contributed by atoms with van der Waals surface area (Å²) in [5.41, 5.74) is 3.77. The van der Waals surface area contributed by atoms with Crippen molar-refractivity contribution in [2.24, 2.45) is 0 Å². The Hall–Kier alpha value is -2.85. The smallest absolute Gasteiger partial charge is 0.128 e. The molecule has 0 aliphatic carbocycles. The first-order valence-electron chi connectivity index (χ1n) is 11.6. The molecule has 2 aromatic heterocycles. The number of hydrogen-bond acceptors (Lipinski definition) is 3. The van der Waals surface area contributed by atoms with Crippen molar-refractivity contribution in [3.05, 3.63) is 72.4 Å². The number of hydrogen-bond donors (Lipinski definition) is 0. The summed E-state index contributed by atoms with van der Waals surface area (Å²) in [4.78, 5) is 9.63. The van der Waals surface area contributed by atoms with Crippen LogP contribution in [0.2, 0.25) is 0 Å². The molecule has 4 nitrogen and oxygen atoms in total. The minimum atomic E-state index is 0.854. The van der Waals surface area contributed by atoms with Crippen LogP contribution in [0.5, 0.6) is 0 Å². The second kappa shape index (κ2) is 9.97. The molecule has 0 unspecified atom stereocenters. The third-order valence-electron chi connectivity index (χ3n) is 6.33. The van der Waals surface area contributed by atoms with E-state index < -0.39 is 0 Å². The van der Waals surface area contributed by atoms with Crippen molar-refractivity contribution in [1.29, 1.82) is 0 Å². The Kier molecular flexibility index (Phi) is 6.88. The third kappa shape index (κ3) is 4.75. The molecular formula is C27H34N4. The first-order valence-corrected chi connectivity index (χ1v) is 11.6. The number of unbranched alkanes of at least 4 members (excludes halogenated alkanes) is 1. The molecule has 0 atom stereocenters. The molecule has 4 rings (SSSR count). The van der Waals surface area contributed by atoms with Gasteiger partial charge in [0.1, 0.15) is 5.82 Å². The lowest BCUT2D eigenvalue weighted by Crippen LogP contribution is -2.25. The van der Waals surface area contributed by atoms with Gasteiger partial charge in [-0.3, -0.25) is 0 Å². The Morgan fingerprint density at radius 3 is 2.29 bits per heavy atom. The number of rotatable bonds is 10. The van der Waals surface area contributed by atoms with Crippen LogP contribution in [0, 0.1) is 0 Å². The average molecular weight is 415 g/mol. The van der Waals surface area contributed by atoms with Crippen molar-refractivity contribution >= 4 is 27.6 Å². The van der Waals surface area contributed by atoms with E-state index in [-0.39, 0.29) is 0 Å². The molecule has 0 N–H and O–H groups in total. The fourth-order valence-electron chi connectivity index (χ4n) is 4.42. The average Bonchev–Trinajstić information content (AvgIpc) is 3.13. The third-order valence-corrected chi connectivity index (χ3v) is 6.33. The molecule has 0 saturated carbocycles. The van der Waals surface area contributed by atoms with Gasteiger partial charge in [-0.05, 0) is 50.2 Å². The van der Waals surface area contributed by atoms with Gasteiger partial charge in [0.25, 0.3) is 0 Å². The first-order chi connectivity index (χ1) is 15.2. The molecule has 0 bridgehead atoms. The molecule has 162 valence electrons. The van der Waals surface area contributed by atoms with Crippen LogP contribution in [0.3, 0.4) is 0 Å². The Bertz CT molecular complexity index is 1110. The Labute approximate surface area is 186 Å². The molecule has 0 saturated heterocycles. The van der Waals surface area contributed by atoms with Gasteiger partial charge in [0.2, 0.25) is 0 Å². The van der Waals surface area contributed by atoms with E-state index in [1.54, 1.807) is 0 Å². The standard InChI is InChI=1S/C27H34N4/c1-4-30(5-2)18-12-11-17-29(3)27-19-24-23-15-9-10-16-25(23)31(26(24)20-28-27)21-22-13-7-6-8-14-22/h6-10,13-16,19-20H,4-5,11-12,17-18,21H2,1-3H3. The zero-order chi connectivity index (χ0) is 21.6. The van der Waals surface area contributed by atoms with E-state index in [4.69, 9.17) is 4.98 Å². The SMILES string of the molecule is CCN(CC)CCCCN(C)c1cc2c3ccccc3n(Cc3ccccc3)c2cn1. The highest BCUT2D eigenvalue weighted by molar-refractivity contribution is 6.08. The lowest BCUT2D eigenvalue weighted by Gasteiger charge is -2.21. The number of aromatic nitrogens is 2. The lowest BCUT2D eigenvalue weighted by atomic mass is 10.2. The molecule has 31 heavy (non-hydrogen) atoms. The summed E-state index contributed by atoms with van der Waals surface area (Å²) in [5.74, 6) is 1.05. The van der Waals surface area contributed by atoms with Crippen LogP contribution >= 0.6 is 0 Å². The van der Waals surface area contributed by atoms with Crippen molar-refractivity contribution in [1.82, 2.24) is 14.5 Å². The summed E-state index contributed by atoms with van der Waals surface area (Å²) in [6, 6.07) is 21.6. The van der Waals surface area contributed by atoms with Crippen LogP contribution < -0.4 is 4.90 Å². The van der Waals surface area contributed by atoms with Crippen molar-refractivity contribution in [2.45, 2.75) is 33.2 Å². The second-order valence-corrected chi connectivity index (χ2v) is 8.30. The Balaban J connectivity index is 1.57. The molecule has 0 aliphatic heterocycles. The number of fused-ring (bicyclic) bond motifs is 3. The number of para-hydroxylation sites is 1. The van der Waals surface area contributed by atoms with Crippen molar-refractivity contribution in [3.8, 4) is 0 Å². The Morgan fingerprint density at radius 2 is 1.52 bits per heavy atom. The molecule has 0 aliphatic rings. The fraction of sp³-hybridized carbons (Fsp3) is 0.370. The van der Waals surface area contributed by atoms with Crippen LogP contribution in [0.25, 0.3) is 21.8 Å². The summed E-state index contributed by atoms with van der Waals surface area (Å²) in [7, 11) is 2.16. The van der Waals surface area contributed by atoms with Crippen LogP contribution in [0.4, 0.5) is 5.82 Å². The lowest BCUT2D eigenvalue weighted by molar-refractivity contribution is 0.297. The maximum absolute atomic E-state index is 4.85. The summed E-state index contributed by atoms with van der Waals surface area (Å²) in [5, 5.41) is 2.58. The van der Waals surface area contributed by atoms with Crippen LogP contribution in [-0.2, 0) is 6.54 Å². The summed E-state index contributed by atoms with van der Waals surface area (Å²) in [6.45, 7) is 9.82. The monoisotopic (exact) mass is 414 g/mol. The minimum absolute atomic E-state index is 0.854. The van der Waals surface area contributed by atoms with Crippen molar-refractivity contribution in [2.75, 3.05) is 38.1 Å². The minimum Gasteiger partial charge on any atom is -0.360 e. The van der Waals surface area contributed by atoms with Crippen LogP contribution in [0.1, 0.15) is 32.3 Å². The largest absolute Gasteiger partial charge is 0.360 e. The summed E-state index contributed by atoms with van der Waals surface area (Å²) >= 11 is 0. The van der Waals surface area contributed by atoms with Gasteiger partial charge in [0.15, 0.2) is 0 Å². The van der Waals surface area contributed by atoms with E-state index in [2.05, 4.69) is 102 Å². The van der Waals surface area contributed by atoms with Gasteiger partial charge in [0, 0.05) is 36.4 Å². The Morgan fingerprint density at radius 1 is 0.806 bits per heavy atom. The van der Waals surface area contributed by atoms with E-state index >= 15 is 0 Å². The van der Waals surface area contributed by atoms with Gasteiger partial charge < -0.3 is 14.4 Å². The number of benzene rings is 2. The highest BCUT2D eigenvalue weighted by Gasteiger charge is 2.13. The molecule has 0 radical (unpaired) electrons. The maximum Gasteiger partial charge on any atom is 0.128 e. The summed E-state index contributed by atoms with van der Waals surface area (Å²) in [6.07, 6.45) is 4.47. The number of nitrogens with zero attached hydrogens (tertiary/aromatic N) is 4. The van der Waals surface area contributed by atoms with Crippen molar-refractivity contribution in [3.63, 3.8) is 0 Å². The van der Waals surface area contributed by atoms with Gasteiger partial charge in [-0.2, -0.15) is 0 Å². The maximum atomic E-state index is 4.85. The molecule has 2 aromatic carbocycles. The van der Waals surface area contributed by atoms with E-state index in [0.29, 0.717) is 0 Å². The molecule has 0 amide bonds. The molecule has 0 spiro atoms. The van der Waals surface area contributed by atoms with Crippen molar-refractivity contribution < 1.29 is 0 Å². The molecular weight excluding hydrogens is 380 g/mol. The van der Waals surface area contributed by atoms with E-state index in [1.807, 2.05) is 0 Å². The van der Waals surface area contributed by atoms with Gasteiger partial charge in [-0.15, -0.1) is 0 Å². The van der Waals surface area contributed by atoms with E-state index in [1.165, 1.54) is 46.8 Å². The van der Waals surface area contributed by atoms with Crippen LogP contribution in [-0.4, -0.2) is 47.7 Å². The first kappa shape index (κ1) is 21.4. The second-order valence-electron chi connectivity index (χ2n) is 8.30. The molecule has 0 fully saturated rings. The number of pyridine rings is 1. The predicted octanol–water partition coefficient (Wildman–Crippen LogP) is 5.80. The van der Waals surface area contributed by atoms with Gasteiger partial charge in [-0.1, -0.05) is 62.4 Å². The fourth-order valence-corrected chi connectivity index (χ4v) is 4.42. The molecule has 4 aromatic rings. The summed E-state index contributed by atoms with van der Waals surface area (Å²) < 4.78 is 2.39. The number of anilines is 1. The van der Waals surface area contributed by atoms with E-state index in [0.717, 1.165) is 32.0 Å². The normalized spacial score (nSPS) is 11.6. The van der Waals surface area contributed by atoms with Gasteiger partial charge in [0.05, 0.1) is 11.7 Å². The molecule has 4 heteroatoms. The molecule has 2 heterocycles. The zero-order valence-corrected chi connectivity index (χ0v) is 19.1. The quantitative estimate of drug-likeness (QED) is 0.307. The zero-order valence-electron chi connectivity index (χ0n) is 19.1. The topological polar surface area (TPSA) is 24.3 Å². The van der Waals surface area contributed by atoms with Crippen LogP contribution in [0.15, 0.2) is 66.9 Å². The van der Waals surface area contributed by atoms with E-state index in [9.17, 15) is 0 Å². The van der Waals surface area contributed by atoms with Gasteiger partial charge in [-0.25, -0.2) is 4.98 Å². The highest BCUT2D eigenvalue weighted by atomic mass is 15.2. The van der Waals surface area contributed by atoms with Gasteiger partial charge >= 0.3 is 0 Å².